The molecule has 3 aromatic carbocycles. The topological polar surface area (TPSA) is 27.7 Å². The third kappa shape index (κ3) is 6.78. The van der Waals surface area contributed by atoms with Gasteiger partial charge in [0.2, 0.25) is 0 Å². The molecule has 0 aromatic heterocycles. The van der Waals surface area contributed by atoms with E-state index in [2.05, 4.69) is 49.4 Å². The quantitative estimate of drug-likeness (QED) is 0.387. The third-order valence-electron chi connectivity index (χ3n) is 5.11. The zero-order chi connectivity index (χ0) is 22.6. The summed E-state index contributed by atoms with van der Waals surface area (Å²) in [5.74, 6) is 3.18. The average molecular weight is 437 g/mol. The minimum absolute atomic E-state index is 0. The number of methoxy groups -OCH3 is 1. The van der Waals surface area contributed by atoms with Gasteiger partial charge in [-0.1, -0.05) is 78.4 Å². The van der Waals surface area contributed by atoms with Gasteiger partial charge < -0.3 is 14.2 Å². The minimum atomic E-state index is 0. The van der Waals surface area contributed by atoms with Crippen molar-refractivity contribution in [3.63, 3.8) is 0 Å². The highest BCUT2D eigenvalue weighted by Gasteiger charge is 2.22. The summed E-state index contributed by atoms with van der Waals surface area (Å²) in [5, 5.41) is 0. The fourth-order valence-electron chi connectivity index (χ4n) is 3.48. The smallest absolute Gasteiger partial charge is 0.126 e. The molecular formula is C29H40O3. The molecule has 32 heavy (non-hydrogen) atoms. The number of hydrogen-bond acceptors (Lipinski definition) is 3. The van der Waals surface area contributed by atoms with Crippen LogP contribution in [-0.4, -0.2) is 13.7 Å². The van der Waals surface area contributed by atoms with Gasteiger partial charge in [0, 0.05) is 17.5 Å². The van der Waals surface area contributed by atoms with Crippen LogP contribution in [0.15, 0.2) is 66.7 Å². The van der Waals surface area contributed by atoms with Crippen molar-refractivity contribution in [2.75, 3.05) is 13.7 Å². The lowest BCUT2D eigenvalue weighted by atomic mass is 9.99. The van der Waals surface area contributed by atoms with Crippen molar-refractivity contribution in [2.24, 2.45) is 0 Å². The van der Waals surface area contributed by atoms with E-state index in [-0.39, 0.29) is 7.43 Å². The van der Waals surface area contributed by atoms with Crippen molar-refractivity contribution >= 4 is 0 Å². The van der Waals surface area contributed by atoms with Gasteiger partial charge in [-0.2, -0.15) is 0 Å². The predicted molar refractivity (Wildman–Crippen MR) is 137 cm³/mol. The van der Waals surface area contributed by atoms with E-state index < -0.39 is 0 Å². The van der Waals surface area contributed by atoms with E-state index in [1.165, 1.54) is 11.1 Å². The van der Waals surface area contributed by atoms with Crippen LogP contribution in [0.5, 0.6) is 17.2 Å². The molecule has 0 amide bonds. The van der Waals surface area contributed by atoms with Gasteiger partial charge in [0.1, 0.15) is 23.9 Å². The Kier molecular flexibility index (Phi) is 12.0. The molecule has 0 aliphatic carbocycles. The predicted octanol–water partition coefficient (Wildman–Crippen LogP) is 8.52. The third-order valence-corrected chi connectivity index (χ3v) is 5.11. The Morgan fingerprint density at radius 2 is 1.53 bits per heavy atom. The molecule has 0 radical (unpaired) electrons. The molecule has 1 unspecified atom stereocenters. The molecule has 0 bridgehead atoms. The second-order valence-corrected chi connectivity index (χ2v) is 6.83. The highest BCUT2D eigenvalue weighted by atomic mass is 16.5. The van der Waals surface area contributed by atoms with Gasteiger partial charge in [-0.3, -0.25) is 0 Å². The van der Waals surface area contributed by atoms with Gasteiger partial charge in [-0.25, -0.2) is 0 Å². The van der Waals surface area contributed by atoms with Crippen LogP contribution < -0.4 is 14.2 Å². The molecule has 0 spiro atoms. The summed E-state index contributed by atoms with van der Waals surface area (Å²) >= 11 is 0. The SMILES string of the molecule is C.CC.CC.CCC1COc2cc(OCc3cccc(-c4ccc(OC)cc4)c3)ccc21. The molecule has 3 heteroatoms. The van der Waals surface area contributed by atoms with Gasteiger partial charge in [-0.05, 0) is 47.4 Å². The number of rotatable bonds is 6. The highest BCUT2D eigenvalue weighted by molar-refractivity contribution is 5.64. The number of benzene rings is 3. The Balaban J connectivity index is 0.000000971. The van der Waals surface area contributed by atoms with Gasteiger partial charge in [-0.15, -0.1) is 0 Å². The Bertz CT molecular complexity index is 916. The van der Waals surface area contributed by atoms with Crippen molar-refractivity contribution in [2.45, 2.75) is 61.0 Å². The van der Waals surface area contributed by atoms with Crippen molar-refractivity contribution in [3.05, 3.63) is 77.9 Å². The molecule has 1 aliphatic heterocycles. The Morgan fingerprint density at radius 1 is 0.844 bits per heavy atom. The molecule has 4 rings (SSSR count). The molecule has 3 nitrogen and oxygen atoms in total. The minimum Gasteiger partial charge on any atom is -0.497 e. The van der Waals surface area contributed by atoms with Crippen LogP contribution in [0.3, 0.4) is 0 Å². The lowest BCUT2D eigenvalue weighted by molar-refractivity contribution is 0.300. The van der Waals surface area contributed by atoms with E-state index in [0.717, 1.165) is 41.4 Å². The lowest BCUT2D eigenvalue weighted by Crippen LogP contribution is -1.97. The second-order valence-electron chi connectivity index (χ2n) is 6.83. The van der Waals surface area contributed by atoms with Crippen LogP contribution in [0, 0.1) is 0 Å². The van der Waals surface area contributed by atoms with Crippen LogP contribution in [0.1, 0.15) is 65.5 Å². The zero-order valence-corrected chi connectivity index (χ0v) is 19.8. The first-order valence-corrected chi connectivity index (χ1v) is 11.4. The van der Waals surface area contributed by atoms with Crippen LogP contribution >= 0.6 is 0 Å². The van der Waals surface area contributed by atoms with Gasteiger partial charge in [0.25, 0.3) is 0 Å². The summed E-state index contributed by atoms with van der Waals surface area (Å²) in [4.78, 5) is 0. The van der Waals surface area contributed by atoms with Crippen LogP contribution in [0.4, 0.5) is 0 Å². The number of fused-ring (bicyclic) bond motifs is 1. The van der Waals surface area contributed by atoms with E-state index in [1.54, 1.807) is 7.11 Å². The molecule has 0 saturated heterocycles. The van der Waals surface area contributed by atoms with E-state index in [0.29, 0.717) is 12.5 Å². The molecule has 0 fully saturated rings. The first-order valence-electron chi connectivity index (χ1n) is 11.4. The van der Waals surface area contributed by atoms with Crippen LogP contribution in [0.2, 0.25) is 0 Å². The molecule has 0 N–H and O–H groups in total. The van der Waals surface area contributed by atoms with E-state index in [4.69, 9.17) is 14.2 Å². The Morgan fingerprint density at radius 3 is 2.19 bits per heavy atom. The maximum Gasteiger partial charge on any atom is 0.126 e. The molecule has 174 valence electrons. The lowest BCUT2D eigenvalue weighted by Gasteiger charge is -2.10. The van der Waals surface area contributed by atoms with Crippen molar-refractivity contribution < 1.29 is 14.2 Å². The summed E-state index contributed by atoms with van der Waals surface area (Å²) in [6.07, 6.45) is 1.10. The molecule has 1 aliphatic rings. The molecular weight excluding hydrogens is 396 g/mol. The molecule has 1 heterocycles. The van der Waals surface area contributed by atoms with E-state index in [1.807, 2.05) is 52.0 Å². The maximum atomic E-state index is 6.01. The largest absolute Gasteiger partial charge is 0.497 e. The van der Waals surface area contributed by atoms with E-state index in [9.17, 15) is 0 Å². The summed E-state index contributed by atoms with van der Waals surface area (Å²) in [6.45, 7) is 11.5. The Hall–Kier alpha value is -2.94. The second kappa shape index (κ2) is 14.2. The van der Waals surface area contributed by atoms with Gasteiger partial charge in [0.05, 0.1) is 13.7 Å². The van der Waals surface area contributed by atoms with Crippen LogP contribution in [0.25, 0.3) is 11.1 Å². The monoisotopic (exact) mass is 436 g/mol. The molecule has 3 aromatic rings. The average Bonchev–Trinajstić information content (AvgIpc) is 3.28. The Labute approximate surface area is 195 Å². The van der Waals surface area contributed by atoms with Crippen molar-refractivity contribution in [1.29, 1.82) is 0 Å². The first kappa shape index (κ1) is 27.1. The van der Waals surface area contributed by atoms with Crippen LogP contribution in [-0.2, 0) is 6.61 Å². The zero-order valence-electron chi connectivity index (χ0n) is 19.8. The fraction of sp³-hybridized carbons (Fsp3) is 0.379. The summed E-state index contributed by atoms with van der Waals surface area (Å²) in [6, 6.07) is 22.7. The van der Waals surface area contributed by atoms with Gasteiger partial charge >= 0.3 is 0 Å². The summed E-state index contributed by atoms with van der Waals surface area (Å²) < 4.78 is 17.0. The first-order chi connectivity index (χ1) is 15.3. The normalized spacial score (nSPS) is 13.1. The highest BCUT2D eigenvalue weighted by Crippen LogP contribution is 2.38. The van der Waals surface area contributed by atoms with Crippen molar-refractivity contribution in [1.82, 2.24) is 0 Å². The van der Waals surface area contributed by atoms with E-state index >= 15 is 0 Å². The molecule has 1 atom stereocenters. The maximum absolute atomic E-state index is 6.01. The van der Waals surface area contributed by atoms with Crippen molar-refractivity contribution in [3.8, 4) is 28.4 Å². The fourth-order valence-corrected chi connectivity index (χ4v) is 3.48. The number of hydrogen-bond donors (Lipinski definition) is 0. The molecule has 0 saturated carbocycles. The van der Waals surface area contributed by atoms with Gasteiger partial charge in [0.15, 0.2) is 0 Å². The summed E-state index contributed by atoms with van der Waals surface area (Å²) in [7, 11) is 1.68. The standard InChI is InChI=1S/C24H24O3.2C2H6.CH4/c1-3-18-16-27-24-14-22(11-12-23(18)24)26-15-17-5-4-6-20(13-17)19-7-9-21(25-2)10-8-19;2*1-2;/h4-14,18H,3,15-16H2,1-2H3;2*1-2H3;1H4. The summed E-state index contributed by atoms with van der Waals surface area (Å²) in [5.41, 5.74) is 4.76. The number of ether oxygens (including phenoxy) is 3.